The fourth-order valence-corrected chi connectivity index (χ4v) is 2.02. The van der Waals surface area contributed by atoms with Crippen LogP contribution in [0.5, 0.6) is 11.5 Å². The standard InChI is InChI=1S/C16H24N4O/c1-4-7-20-12-15(10-19-20)21-16-11-17-6-5-14(16)9-18-8-13(2)3/h5-6,10-13,18H,4,7-9H2,1-3H3. The molecule has 0 fully saturated rings. The zero-order chi connectivity index (χ0) is 15.1. The molecular weight excluding hydrogens is 264 g/mol. The number of ether oxygens (including phenoxy) is 1. The fourth-order valence-electron chi connectivity index (χ4n) is 2.02. The summed E-state index contributed by atoms with van der Waals surface area (Å²) in [5.41, 5.74) is 1.11. The summed E-state index contributed by atoms with van der Waals surface area (Å²) >= 11 is 0. The Balaban J connectivity index is 2.01. The van der Waals surface area contributed by atoms with Gasteiger partial charge >= 0.3 is 0 Å². The summed E-state index contributed by atoms with van der Waals surface area (Å²) in [4.78, 5) is 4.15. The highest BCUT2D eigenvalue weighted by molar-refractivity contribution is 5.33. The molecule has 2 rings (SSSR count). The van der Waals surface area contributed by atoms with Crippen LogP contribution in [0.3, 0.4) is 0 Å². The van der Waals surface area contributed by atoms with E-state index in [-0.39, 0.29) is 0 Å². The molecule has 2 heterocycles. The third kappa shape index (κ3) is 4.86. The zero-order valence-corrected chi connectivity index (χ0v) is 13.0. The van der Waals surface area contributed by atoms with Gasteiger partial charge in [-0.1, -0.05) is 20.8 Å². The first-order chi connectivity index (χ1) is 10.2. The third-order valence-corrected chi connectivity index (χ3v) is 3.03. The summed E-state index contributed by atoms with van der Waals surface area (Å²) in [6.45, 7) is 9.18. The Morgan fingerprint density at radius 1 is 1.33 bits per heavy atom. The number of nitrogens with zero attached hydrogens (tertiary/aromatic N) is 3. The summed E-state index contributed by atoms with van der Waals surface area (Å²) in [5, 5.41) is 7.70. The SMILES string of the molecule is CCCn1cc(Oc2cnccc2CNCC(C)C)cn1. The highest BCUT2D eigenvalue weighted by Crippen LogP contribution is 2.23. The van der Waals surface area contributed by atoms with Crippen LogP contribution in [0, 0.1) is 5.92 Å². The summed E-state index contributed by atoms with van der Waals surface area (Å²) in [5.74, 6) is 2.16. The smallest absolute Gasteiger partial charge is 0.165 e. The highest BCUT2D eigenvalue weighted by atomic mass is 16.5. The van der Waals surface area contributed by atoms with E-state index in [0.717, 1.165) is 43.1 Å². The van der Waals surface area contributed by atoms with Crippen molar-refractivity contribution in [2.75, 3.05) is 6.54 Å². The topological polar surface area (TPSA) is 52.0 Å². The minimum Gasteiger partial charge on any atom is -0.452 e. The van der Waals surface area contributed by atoms with Crippen LogP contribution >= 0.6 is 0 Å². The Morgan fingerprint density at radius 3 is 2.95 bits per heavy atom. The Kier molecular flexibility index (Phi) is 5.75. The van der Waals surface area contributed by atoms with Crippen LogP contribution in [0.1, 0.15) is 32.8 Å². The van der Waals surface area contributed by atoms with Gasteiger partial charge in [0.2, 0.25) is 0 Å². The molecule has 0 aliphatic carbocycles. The first-order valence-corrected chi connectivity index (χ1v) is 7.53. The van der Waals surface area contributed by atoms with Crippen LogP contribution in [0.15, 0.2) is 30.9 Å². The minimum atomic E-state index is 0.628. The number of rotatable bonds is 8. The molecule has 2 aromatic rings. The van der Waals surface area contributed by atoms with Crippen molar-refractivity contribution in [2.24, 2.45) is 5.92 Å². The molecule has 0 unspecified atom stereocenters. The summed E-state index contributed by atoms with van der Waals surface area (Å²) in [6.07, 6.45) is 8.26. The van der Waals surface area contributed by atoms with Crippen molar-refractivity contribution in [2.45, 2.75) is 40.3 Å². The molecule has 1 N–H and O–H groups in total. The van der Waals surface area contributed by atoms with Crippen molar-refractivity contribution in [1.29, 1.82) is 0 Å². The molecule has 114 valence electrons. The second kappa shape index (κ2) is 7.78. The Morgan fingerprint density at radius 2 is 2.19 bits per heavy atom. The lowest BCUT2D eigenvalue weighted by atomic mass is 10.2. The number of hydrogen-bond donors (Lipinski definition) is 1. The van der Waals surface area contributed by atoms with Crippen molar-refractivity contribution < 1.29 is 4.74 Å². The quantitative estimate of drug-likeness (QED) is 0.810. The van der Waals surface area contributed by atoms with Crippen molar-refractivity contribution in [3.8, 4) is 11.5 Å². The van der Waals surface area contributed by atoms with Gasteiger partial charge in [0, 0.05) is 24.8 Å². The van der Waals surface area contributed by atoms with Crippen LogP contribution < -0.4 is 10.1 Å². The second-order valence-electron chi connectivity index (χ2n) is 5.55. The van der Waals surface area contributed by atoms with E-state index in [1.54, 1.807) is 18.6 Å². The number of nitrogens with one attached hydrogen (secondary N) is 1. The normalized spacial score (nSPS) is 11.0. The van der Waals surface area contributed by atoms with Gasteiger partial charge in [-0.15, -0.1) is 0 Å². The largest absolute Gasteiger partial charge is 0.452 e. The monoisotopic (exact) mass is 288 g/mol. The van der Waals surface area contributed by atoms with Gasteiger partial charge in [0.1, 0.15) is 5.75 Å². The maximum Gasteiger partial charge on any atom is 0.165 e. The van der Waals surface area contributed by atoms with Crippen LogP contribution in [-0.4, -0.2) is 21.3 Å². The maximum atomic E-state index is 5.91. The van der Waals surface area contributed by atoms with E-state index in [4.69, 9.17) is 4.74 Å². The van der Waals surface area contributed by atoms with E-state index in [0.29, 0.717) is 5.92 Å². The third-order valence-electron chi connectivity index (χ3n) is 3.03. The molecular formula is C16H24N4O. The number of hydrogen-bond acceptors (Lipinski definition) is 4. The summed E-state index contributed by atoms with van der Waals surface area (Å²) in [6, 6.07) is 1.99. The Hall–Kier alpha value is -1.88. The Labute approximate surface area is 126 Å². The van der Waals surface area contributed by atoms with E-state index in [1.807, 2.05) is 16.9 Å². The molecule has 2 aromatic heterocycles. The van der Waals surface area contributed by atoms with Crippen LogP contribution in [0.4, 0.5) is 0 Å². The van der Waals surface area contributed by atoms with E-state index in [9.17, 15) is 0 Å². The van der Waals surface area contributed by atoms with Crippen molar-refractivity contribution in [3.63, 3.8) is 0 Å². The van der Waals surface area contributed by atoms with Gasteiger partial charge in [0.15, 0.2) is 5.75 Å². The number of aryl methyl sites for hydroxylation is 1. The first-order valence-electron chi connectivity index (χ1n) is 7.53. The molecule has 0 radical (unpaired) electrons. The summed E-state index contributed by atoms with van der Waals surface area (Å²) in [7, 11) is 0. The van der Waals surface area contributed by atoms with Crippen molar-refractivity contribution in [1.82, 2.24) is 20.1 Å². The zero-order valence-electron chi connectivity index (χ0n) is 13.0. The molecule has 0 aliphatic heterocycles. The fraction of sp³-hybridized carbons (Fsp3) is 0.500. The lowest BCUT2D eigenvalue weighted by Crippen LogP contribution is -2.19. The first kappa shape index (κ1) is 15.5. The molecule has 0 saturated heterocycles. The predicted octanol–water partition coefficient (Wildman–Crippen LogP) is 3.23. The molecule has 0 aliphatic rings. The lowest BCUT2D eigenvalue weighted by molar-refractivity contribution is 0.465. The molecule has 0 aromatic carbocycles. The molecule has 0 bridgehead atoms. The number of pyridine rings is 1. The van der Waals surface area contributed by atoms with Gasteiger partial charge in [-0.3, -0.25) is 9.67 Å². The van der Waals surface area contributed by atoms with E-state index < -0.39 is 0 Å². The van der Waals surface area contributed by atoms with Gasteiger partial charge in [-0.05, 0) is 24.9 Å². The van der Waals surface area contributed by atoms with Gasteiger partial charge in [0.25, 0.3) is 0 Å². The maximum absolute atomic E-state index is 5.91. The van der Waals surface area contributed by atoms with Crippen molar-refractivity contribution >= 4 is 0 Å². The van der Waals surface area contributed by atoms with E-state index in [1.165, 1.54) is 0 Å². The van der Waals surface area contributed by atoms with Crippen molar-refractivity contribution in [3.05, 3.63) is 36.4 Å². The average Bonchev–Trinajstić information content (AvgIpc) is 2.88. The predicted molar refractivity (Wildman–Crippen MR) is 83.4 cm³/mol. The second-order valence-corrected chi connectivity index (χ2v) is 5.55. The summed E-state index contributed by atoms with van der Waals surface area (Å²) < 4.78 is 7.80. The van der Waals surface area contributed by atoms with Gasteiger partial charge in [-0.25, -0.2) is 0 Å². The van der Waals surface area contributed by atoms with Crippen LogP contribution in [0.2, 0.25) is 0 Å². The lowest BCUT2D eigenvalue weighted by Gasteiger charge is -2.11. The van der Waals surface area contributed by atoms with E-state index in [2.05, 4.69) is 36.2 Å². The molecule has 0 saturated carbocycles. The molecule has 0 spiro atoms. The van der Waals surface area contributed by atoms with Crippen LogP contribution in [-0.2, 0) is 13.1 Å². The van der Waals surface area contributed by atoms with Gasteiger partial charge in [-0.2, -0.15) is 5.10 Å². The van der Waals surface area contributed by atoms with E-state index >= 15 is 0 Å². The molecule has 0 atom stereocenters. The molecule has 21 heavy (non-hydrogen) atoms. The Bertz CT molecular complexity index is 551. The van der Waals surface area contributed by atoms with Gasteiger partial charge < -0.3 is 10.1 Å². The molecule has 0 amide bonds. The highest BCUT2D eigenvalue weighted by Gasteiger charge is 2.07. The molecule has 5 heteroatoms. The molecule has 5 nitrogen and oxygen atoms in total. The van der Waals surface area contributed by atoms with Crippen LogP contribution in [0.25, 0.3) is 0 Å². The minimum absolute atomic E-state index is 0.628. The number of aromatic nitrogens is 3. The average molecular weight is 288 g/mol. The van der Waals surface area contributed by atoms with Gasteiger partial charge in [0.05, 0.1) is 18.6 Å².